The number of carbonyl (C=O) groups is 1. The molecule has 0 bridgehead atoms. The van der Waals surface area contributed by atoms with E-state index in [2.05, 4.69) is 20.9 Å². The Balaban J connectivity index is 2.89. The fourth-order valence-electron chi connectivity index (χ4n) is 0.754. The maximum atomic E-state index is 10.6. The summed E-state index contributed by atoms with van der Waals surface area (Å²) in [5.41, 5.74) is 0.868. The summed E-state index contributed by atoms with van der Waals surface area (Å²) in [5.74, 6) is 0.0257. The van der Waals surface area contributed by atoms with Crippen LogP contribution in [0, 0.1) is 0 Å². The van der Waals surface area contributed by atoms with Crippen LogP contribution in [0.2, 0.25) is 0 Å². The molecule has 0 aliphatic heterocycles. The summed E-state index contributed by atoms with van der Waals surface area (Å²) in [4.78, 5) is 14.5. The summed E-state index contributed by atoms with van der Waals surface area (Å²) in [6, 6.07) is 3.64. The van der Waals surface area contributed by atoms with Crippen LogP contribution in [0.4, 0.5) is 0 Å². The third-order valence-corrected chi connectivity index (χ3v) is 1.84. The maximum Gasteiger partial charge on any atom is 0.309 e. The number of ether oxygens (including phenoxy) is 1. The zero-order valence-electron chi connectivity index (χ0n) is 6.58. The molecule has 1 aromatic rings. The molecular weight excluding hydrogens is 222 g/mol. The Morgan fingerprint density at radius 2 is 2.50 bits per heavy atom. The molecule has 0 atom stereocenters. The highest BCUT2D eigenvalue weighted by atomic mass is 79.9. The van der Waals surface area contributed by atoms with Crippen LogP contribution >= 0.6 is 15.9 Å². The number of rotatable bonds is 2. The number of hydrogen-bond acceptors (Lipinski definition) is 3. The van der Waals surface area contributed by atoms with Crippen molar-refractivity contribution in [3.05, 3.63) is 23.9 Å². The van der Waals surface area contributed by atoms with Gasteiger partial charge in [0.05, 0.1) is 0 Å². The summed E-state index contributed by atoms with van der Waals surface area (Å²) >= 11 is 3.27. The molecule has 0 fully saturated rings. The van der Waals surface area contributed by atoms with E-state index in [1.54, 1.807) is 12.3 Å². The van der Waals surface area contributed by atoms with E-state index in [0.717, 1.165) is 5.56 Å². The molecule has 0 saturated carbocycles. The fourth-order valence-corrected chi connectivity index (χ4v) is 1.18. The van der Waals surface area contributed by atoms with Gasteiger partial charge in [0.2, 0.25) is 5.88 Å². The third kappa shape index (κ3) is 2.30. The first-order chi connectivity index (χ1) is 5.74. The van der Waals surface area contributed by atoms with Gasteiger partial charge in [-0.25, -0.2) is 4.98 Å². The molecular formula is C8H8BrNO2. The topological polar surface area (TPSA) is 39.2 Å². The highest BCUT2D eigenvalue weighted by Crippen LogP contribution is 2.16. The lowest BCUT2D eigenvalue weighted by Crippen LogP contribution is -2.04. The molecule has 64 valence electrons. The Labute approximate surface area is 78.9 Å². The average Bonchev–Trinajstić information content (AvgIpc) is 2.04. The van der Waals surface area contributed by atoms with E-state index >= 15 is 0 Å². The van der Waals surface area contributed by atoms with Crippen molar-refractivity contribution < 1.29 is 9.53 Å². The first-order valence-electron chi connectivity index (χ1n) is 3.42. The van der Waals surface area contributed by atoms with Gasteiger partial charge in [-0.05, 0) is 6.07 Å². The largest absolute Gasteiger partial charge is 0.407 e. The van der Waals surface area contributed by atoms with Crippen LogP contribution in [0.25, 0.3) is 0 Å². The lowest BCUT2D eigenvalue weighted by molar-refractivity contribution is -0.132. The monoisotopic (exact) mass is 229 g/mol. The minimum Gasteiger partial charge on any atom is -0.407 e. The van der Waals surface area contributed by atoms with Gasteiger partial charge in [0, 0.05) is 24.0 Å². The van der Waals surface area contributed by atoms with Crippen LogP contribution in [0.5, 0.6) is 5.88 Å². The van der Waals surface area contributed by atoms with Crippen molar-refractivity contribution >= 4 is 21.9 Å². The van der Waals surface area contributed by atoms with Crippen LogP contribution in [-0.4, -0.2) is 11.0 Å². The van der Waals surface area contributed by atoms with Gasteiger partial charge in [-0.2, -0.15) is 0 Å². The van der Waals surface area contributed by atoms with Gasteiger partial charge >= 0.3 is 5.97 Å². The number of aromatic nitrogens is 1. The number of halogens is 1. The van der Waals surface area contributed by atoms with E-state index in [1.807, 2.05) is 6.07 Å². The second-order valence-electron chi connectivity index (χ2n) is 2.19. The first kappa shape index (κ1) is 9.19. The van der Waals surface area contributed by atoms with Crippen LogP contribution in [0.15, 0.2) is 18.3 Å². The van der Waals surface area contributed by atoms with Gasteiger partial charge < -0.3 is 4.74 Å². The summed E-state index contributed by atoms with van der Waals surface area (Å²) in [5, 5.41) is 0.628. The third-order valence-electron chi connectivity index (χ3n) is 1.23. The number of alkyl halides is 1. The molecule has 0 aromatic carbocycles. The number of esters is 1. The van der Waals surface area contributed by atoms with E-state index in [0.29, 0.717) is 11.2 Å². The van der Waals surface area contributed by atoms with E-state index in [1.165, 1.54) is 6.92 Å². The zero-order chi connectivity index (χ0) is 8.97. The van der Waals surface area contributed by atoms with E-state index in [-0.39, 0.29) is 5.97 Å². The van der Waals surface area contributed by atoms with Crippen LogP contribution in [0.1, 0.15) is 12.5 Å². The Bertz CT molecular complexity index is 288. The number of carbonyl (C=O) groups excluding carboxylic acids is 1. The predicted molar refractivity (Wildman–Crippen MR) is 48.2 cm³/mol. The zero-order valence-corrected chi connectivity index (χ0v) is 8.17. The van der Waals surface area contributed by atoms with Crippen LogP contribution < -0.4 is 4.74 Å². The first-order valence-corrected chi connectivity index (χ1v) is 4.54. The summed E-state index contributed by atoms with van der Waals surface area (Å²) in [7, 11) is 0. The van der Waals surface area contributed by atoms with Gasteiger partial charge in [0.1, 0.15) is 0 Å². The molecule has 1 aromatic heterocycles. The highest BCUT2D eigenvalue weighted by molar-refractivity contribution is 9.08. The van der Waals surface area contributed by atoms with Crippen molar-refractivity contribution in [1.82, 2.24) is 4.98 Å². The van der Waals surface area contributed by atoms with Crippen molar-refractivity contribution in [3.63, 3.8) is 0 Å². The van der Waals surface area contributed by atoms with Crippen molar-refractivity contribution in [1.29, 1.82) is 0 Å². The summed E-state index contributed by atoms with van der Waals surface area (Å²) < 4.78 is 4.86. The Kier molecular flexibility index (Phi) is 3.22. The average molecular weight is 230 g/mol. The molecule has 0 amide bonds. The second kappa shape index (κ2) is 4.21. The Hall–Kier alpha value is -0.900. The molecule has 4 heteroatoms. The fraction of sp³-hybridized carbons (Fsp3) is 0.250. The van der Waals surface area contributed by atoms with Crippen molar-refractivity contribution in [2.24, 2.45) is 0 Å². The van der Waals surface area contributed by atoms with Gasteiger partial charge in [0.25, 0.3) is 0 Å². The molecule has 0 unspecified atom stereocenters. The van der Waals surface area contributed by atoms with E-state index in [9.17, 15) is 4.79 Å². The second-order valence-corrected chi connectivity index (χ2v) is 2.76. The molecule has 12 heavy (non-hydrogen) atoms. The number of pyridine rings is 1. The van der Waals surface area contributed by atoms with Crippen molar-refractivity contribution in [2.45, 2.75) is 12.3 Å². The highest BCUT2D eigenvalue weighted by Gasteiger charge is 2.04. The van der Waals surface area contributed by atoms with Crippen LogP contribution in [-0.2, 0) is 10.1 Å². The SMILES string of the molecule is CC(=O)Oc1ncccc1CBr. The van der Waals surface area contributed by atoms with E-state index in [4.69, 9.17) is 4.74 Å². The summed E-state index contributed by atoms with van der Waals surface area (Å²) in [6.45, 7) is 1.35. The maximum absolute atomic E-state index is 10.6. The molecule has 0 spiro atoms. The smallest absolute Gasteiger partial charge is 0.309 e. The van der Waals surface area contributed by atoms with E-state index < -0.39 is 0 Å². The molecule has 3 nitrogen and oxygen atoms in total. The minimum atomic E-state index is -0.351. The van der Waals surface area contributed by atoms with Gasteiger partial charge in [-0.1, -0.05) is 22.0 Å². The minimum absolute atomic E-state index is 0.351. The normalized spacial score (nSPS) is 9.50. The Morgan fingerprint density at radius 3 is 3.08 bits per heavy atom. The molecule has 1 heterocycles. The van der Waals surface area contributed by atoms with Gasteiger partial charge in [-0.15, -0.1) is 0 Å². The number of hydrogen-bond donors (Lipinski definition) is 0. The standard InChI is InChI=1S/C8H8BrNO2/c1-6(11)12-8-7(5-9)3-2-4-10-8/h2-4H,5H2,1H3. The molecule has 0 N–H and O–H groups in total. The number of nitrogens with zero attached hydrogens (tertiary/aromatic N) is 1. The molecule has 0 aliphatic carbocycles. The van der Waals surface area contributed by atoms with Crippen LogP contribution in [0.3, 0.4) is 0 Å². The lowest BCUT2D eigenvalue weighted by atomic mass is 10.3. The molecule has 0 radical (unpaired) electrons. The lowest BCUT2D eigenvalue weighted by Gasteiger charge is -2.03. The molecule has 0 aliphatic rings. The van der Waals surface area contributed by atoms with Gasteiger partial charge in [-0.3, -0.25) is 4.79 Å². The quantitative estimate of drug-likeness (QED) is 0.575. The van der Waals surface area contributed by atoms with Crippen molar-refractivity contribution in [3.8, 4) is 5.88 Å². The Morgan fingerprint density at radius 1 is 1.75 bits per heavy atom. The predicted octanol–water partition coefficient (Wildman–Crippen LogP) is 1.90. The molecule has 1 rings (SSSR count). The summed E-state index contributed by atoms with van der Waals surface area (Å²) in [6.07, 6.45) is 1.59. The molecule has 0 saturated heterocycles. The van der Waals surface area contributed by atoms with Crippen molar-refractivity contribution in [2.75, 3.05) is 0 Å². The van der Waals surface area contributed by atoms with Gasteiger partial charge in [0.15, 0.2) is 0 Å².